The fourth-order valence-corrected chi connectivity index (χ4v) is 2.42. The van der Waals surface area contributed by atoms with Crippen molar-refractivity contribution in [3.05, 3.63) is 64.7 Å². The minimum atomic E-state index is -0.101. The number of benzene rings is 2. The fourth-order valence-electron chi connectivity index (χ4n) is 2.42. The zero-order chi connectivity index (χ0) is 16.8. The molecule has 0 aromatic heterocycles. The number of hydrogen-bond donors (Lipinski definition) is 1. The van der Waals surface area contributed by atoms with Crippen LogP contribution in [-0.4, -0.2) is 12.5 Å². The lowest BCUT2D eigenvalue weighted by molar-refractivity contribution is -0.123. The summed E-state index contributed by atoms with van der Waals surface area (Å²) in [5.74, 6) is 0.612. The third kappa shape index (κ3) is 4.85. The van der Waals surface area contributed by atoms with Crippen LogP contribution in [0.1, 0.15) is 41.6 Å². The van der Waals surface area contributed by atoms with Crippen LogP contribution in [0.2, 0.25) is 0 Å². The molecule has 1 atom stereocenters. The van der Waals surface area contributed by atoms with E-state index in [1.165, 1.54) is 16.7 Å². The number of rotatable bonds is 6. The van der Waals surface area contributed by atoms with E-state index in [0.29, 0.717) is 5.75 Å². The Hall–Kier alpha value is -2.29. The number of ether oxygens (including phenoxy) is 1. The molecule has 1 amide bonds. The third-order valence-corrected chi connectivity index (χ3v) is 4.07. The highest BCUT2D eigenvalue weighted by atomic mass is 16.5. The minimum Gasteiger partial charge on any atom is -0.484 e. The molecule has 0 heterocycles. The average molecular weight is 311 g/mol. The molecule has 3 nitrogen and oxygen atoms in total. The first-order valence-corrected chi connectivity index (χ1v) is 8.05. The van der Waals surface area contributed by atoms with Crippen molar-refractivity contribution in [3.63, 3.8) is 0 Å². The molecular weight excluding hydrogens is 286 g/mol. The number of hydrogen-bond acceptors (Lipinski definition) is 2. The highest BCUT2D eigenvalue weighted by Crippen LogP contribution is 2.20. The van der Waals surface area contributed by atoms with Gasteiger partial charge in [0.15, 0.2) is 6.61 Å². The Morgan fingerprint density at radius 3 is 2.35 bits per heavy atom. The van der Waals surface area contributed by atoms with Crippen LogP contribution in [-0.2, 0) is 4.79 Å². The maximum absolute atomic E-state index is 12.1. The third-order valence-electron chi connectivity index (χ3n) is 4.07. The van der Waals surface area contributed by atoms with Crippen LogP contribution in [0, 0.1) is 20.8 Å². The van der Waals surface area contributed by atoms with Crippen molar-refractivity contribution in [2.75, 3.05) is 6.61 Å². The number of carbonyl (C=O) groups is 1. The summed E-state index contributed by atoms with van der Waals surface area (Å²) in [4.78, 5) is 12.1. The Bertz CT molecular complexity index is 662. The molecule has 0 spiro atoms. The fraction of sp³-hybridized carbons (Fsp3) is 0.350. The molecule has 122 valence electrons. The lowest BCUT2D eigenvalue weighted by Gasteiger charge is -2.19. The second-order valence-corrected chi connectivity index (χ2v) is 5.97. The number of amides is 1. The molecule has 0 saturated heterocycles. The van der Waals surface area contributed by atoms with Gasteiger partial charge < -0.3 is 10.1 Å². The quantitative estimate of drug-likeness (QED) is 0.865. The molecule has 23 heavy (non-hydrogen) atoms. The molecule has 1 N–H and O–H groups in total. The molecule has 0 aliphatic rings. The Morgan fingerprint density at radius 2 is 1.74 bits per heavy atom. The van der Waals surface area contributed by atoms with E-state index in [9.17, 15) is 4.79 Å². The highest BCUT2D eigenvalue weighted by molar-refractivity contribution is 5.78. The first-order valence-electron chi connectivity index (χ1n) is 8.05. The van der Waals surface area contributed by atoms with Gasteiger partial charge in [0.2, 0.25) is 0 Å². The maximum atomic E-state index is 12.1. The summed E-state index contributed by atoms with van der Waals surface area (Å²) in [5.41, 5.74) is 4.81. The van der Waals surface area contributed by atoms with Gasteiger partial charge in [0.05, 0.1) is 6.04 Å². The van der Waals surface area contributed by atoms with E-state index in [4.69, 9.17) is 4.74 Å². The zero-order valence-corrected chi connectivity index (χ0v) is 14.3. The molecule has 3 heteroatoms. The van der Waals surface area contributed by atoms with E-state index in [0.717, 1.165) is 12.0 Å². The predicted molar refractivity (Wildman–Crippen MR) is 93.8 cm³/mol. The van der Waals surface area contributed by atoms with Crippen molar-refractivity contribution in [3.8, 4) is 5.75 Å². The summed E-state index contributed by atoms with van der Waals surface area (Å²) in [6.45, 7) is 8.30. The topological polar surface area (TPSA) is 38.3 Å². The van der Waals surface area contributed by atoms with Crippen LogP contribution >= 0.6 is 0 Å². The summed E-state index contributed by atoms with van der Waals surface area (Å²) >= 11 is 0. The predicted octanol–water partition coefficient (Wildman–Crippen LogP) is 4.26. The van der Waals surface area contributed by atoms with Crippen LogP contribution in [0.3, 0.4) is 0 Å². The van der Waals surface area contributed by atoms with Crippen molar-refractivity contribution in [2.24, 2.45) is 0 Å². The first kappa shape index (κ1) is 17.1. The second-order valence-electron chi connectivity index (χ2n) is 5.97. The van der Waals surface area contributed by atoms with E-state index in [1.54, 1.807) is 0 Å². The molecule has 0 fully saturated rings. The summed E-state index contributed by atoms with van der Waals surface area (Å²) < 4.78 is 5.53. The molecule has 0 aliphatic heterocycles. The summed E-state index contributed by atoms with van der Waals surface area (Å²) in [6.07, 6.45) is 0.846. The summed E-state index contributed by atoms with van der Waals surface area (Å²) in [6, 6.07) is 14.0. The van der Waals surface area contributed by atoms with Gasteiger partial charge in [-0.15, -0.1) is 0 Å². The molecule has 0 bridgehead atoms. The molecule has 1 unspecified atom stereocenters. The highest BCUT2D eigenvalue weighted by Gasteiger charge is 2.13. The van der Waals surface area contributed by atoms with Crippen molar-refractivity contribution >= 4 is 5.91 Å². The summed E-state index contributed by atoms with van der Waals surface area (Å²) in [5, 5.41) is 3.05. The van der Waals surface area contributed by atoms with Crippen molar-refractivity contribution in [2.45, 2.75) is 40.2 Å². The number of aryl methyl sites for hydroxylation is 3. The molecule has 0 aliphatic carbocycles. The average Bonchev–Trinajstić information content (AvgIpc) is 2.55. The molecule has 0 saturated carbocycles. The van der Waals surface area contributed by atoms with Gasteiger partial charge in [-0.3, -0.25) is 4.79 Å². The van der Waals surface area contributed by atoms with Gasteiger partial charge >= 0.3 is 0 Å². The van der Waals surface area contributed by atoms with Crippen molar-refractivity contribution < 1.29 is 9.53 Å². The first-order chi connectivity index (χ1) is 11.0. The molecule has 2 aromatic carbocycles. The lowest BCUT2D eigenvalue weighted by atomic mass is 9.99. The zero-order valence-electron chi connectivity index (χ0n) is 14.3. The van der Waals surface area contributed by atoms with E-state index in [-0.39, 0.29) is 18.6 Å². The normalized spacial score (nSPS) is 11.8. The van der Waals surface area contributed by atoms with Gasteiger partial charge in [0.1, 0.15) is 5.75 Å². The smallest absolute Gasteiger partial charge is 0.258 e. The Kier molecular flexibility index (Phi) is 5.80. The van der Waals surface area contributed by atoms with E-state index in [2.05, 4.69) is 44.3 Å². The van der Waals surface area contributed by atoms with Crippen LogP contribution in [0.4, 0.5) is 0 Å². The van der Waals surface area contributed by atoms with Gasteiger partial charge in [0.25, 0.3) is 5.91 Å². The van der Waals surface area contributed by atoms with Gasteiger partial charge in [-0.1, -0.05) is 42.8 Å². The van der Waals surface area contributed by atoms with E-state index < -0.39 is 0 Å². The molecule has 2 rings (SSSR count). The summed E-state index contributed by atoms with van der Waals surface area (Å²) in [7, 11) is 0. The van der Waals surface area contributed by atoms with Crippen LogP contribution in [0.15, 0.2) is 42.5 Å². The van der Waals surface area contributed by atoms with Gasteiger partial charge in [0, 0.05) is 0 Å². The van der Waals surface area contributed by atoms with Gasteiger partial charge in [-0.25, -0.2) is 0 Å². The Labute approximate surface area is 138 Å². The SMILES string of the molecule is CCC(NC(=O)COc1ccc(C)cc1)c1ccc(C)c(C)c1. The van der Waals surface area contributed by atoms with Crippen molar-refractivity contribution in [1.82, 2.24) is 5.32 Å². The molecule has 0 radical (unpaired) electrons. The standard InChI is InChI=1S/C20H25NO2/c1-5-19(17-9-8-15(3)16(4)12-17)21-20(22)13-23-18-10-6-14(2)7-11-18/h6-12,19H,5,13H2,1-4H3,(H,21,22). The largest absolute Gasteiger partial charge is 0.484 e. The number of nitrogens with one attached hydrogen (secondary N) is 1. The van der Waals surface area contributed by atoms with Gasteiger partial charge in [-0.05, 0) is 56.0 Å². The molecule has 2 aromatic rings. The van der Waals surface area contributed by atoms with E-state index in [1.807, 2.05) is 31.2 Å². The Morgan fingerprint density at radius 1 is 1.04 bits per heavy atom. The lowest BCUT2D eigenvalue weighted by Crippen LogP contribution is -2.32. The second kappa shape index (κ2) is 7.82. The Balaban J connectivity index is 1.94. The van der Waals surface area contributed by atoms with Crippen LogP contribution in [0.5, 0.6) is 5.75 Å². The van der Waals surface area contributed by atoms with E-state index >= 15 is 0 Å². The monoisotopic (exact) mass is 311 g/mol. The molecular formula is C20H25NO2. The van der Waals surface area contributed by atoms with Crippen molar-refractivity contribution in [1.29, 1.82) is 0 Å². The number of carbonyl (C=O) groups excluding carboxylic acids is 1. The van der Waals surface area contributed by atoms with Gasteiger partial charge in [-0.2, -0.15) is 0 Å². The minimum absolute atomic E-state index is 0.0171. The van der Waals surface area contributed by atoms with Crippen LogP contribution < -0.4 is 10.1 Å². The van der Waals surface area contributed by atoms with Crippen LogP contribution in [0.25, 0.3) is 0 Å². The maximum Gasteiger partial charge on any atom is 0.258 e.